The third kappa shape index (κ3) is 5.38. The van der Waals surface area contributed by atoms with Crippen LogP contribution in [-0.4, -0.2) is 39.6 Å². The molecule has 8 N–H and O–H groups in total. The second-order valence-corrected chi connectivity index (χ2v) is 3.04. The Kier molecular flexibility index (Phi) is 13.0. The van der Waals surface area contributed by atoms with Gasteiger partial charge in [-0.1, -0.05) is 0 Å². The van der Waals surface area contributed by atoms with Crippen molar-refractivity contribution in [3.05, 3.63) is 28.2 Å². The number of amides is 1. The zero-order valence-corrected chi connectivity index (χ0v) is 12.0. The first kappa shape index (κ1) is 22.6. The molecule has 0 bridgehead atoms. The number of aryl methyl sites for hydroxylation is 1. The predicted molar refractivity (Wildman–Crippen MR) is 62.0 cm³/mol. The summed E-state index contributed by atoms with van der Waals surface area (Å²) >= 11 is 0. The monoisotopic (exact) mass is 405 g/mol. The smallest absolute Gasteiger partial charge is 0.293 e. The van der Waals surface area contributed by atoms with Gasteiger partial charge in [-0.15, -0.1) is 0 Å². The molecule has 1 amide bonds. The fourth-order valence-electron chi connectivity index (χ4n) is 1.08. The van der Waals surface area contributed by atoms with E-state index in [1.807, 2.05) is 0 Å². The summed E-state index contributed by atoms with van der Waals surface area (Å²) in [5.74, 6) is -1.05. The molecule has 0 radical (unpaired) electrons. The average Bonchev–Trinajstić information content (AvgIpc) is 2.23. The molecule has 0 saturated heterocycles. The number of hydrogen-bond acceptors (Lipinski definition) is 4. The van der Waals surface area contributed by atoms with Gasteiger partial charge in [-0.05, 0) is 6.07 Å². The van der Waals surface area contributed by atoms with Crippen molar-refractivity contribution >= 4 is 5.91 Å². The zero-order valence-electron chi connectivity index (χ0n) is 9.71. The van der Waals surface area contributed by atoms with Crippen LogP contribution in [0.3, 0.4) is 0 Å². The first-order valence-corrected chi connectivity index (χ1v) is 4.44. The maximum Gasteiger partial charge on any atom is 0.293 e. The molecule has 0 spiro atoms. The van der Waals surface area contributed by atoms with E-state index in [0.717, 1.165) is 0 Å². The number of nitrogens with zero attached hydrogens (tertiary/aromatic N) is 1. The van der Waals surface area contributed by atoms with Crippen molar-refractivity contribution in [2.24, 2.45) is 12.8 Å². The molecule has 1 heterocycles. The summed E-state index contributed by atoms with van der Waals surface area (Å²) < 4.78 is 1.19. The normalized spacial score (nSPS) is 8.33. The molecular weight excluding hydrogens is 387 g/mol. The van der Waals surface area contributed by atoms with Crippen molar-refractivity contribution in [3.63, 3.8) is 0 Å². The summed E-state index contributed by atoms with van der Waals surface area (Å²) in [7, 11) is 1.49. The average molecular weight is 405 g/mol. The summed E-state index contributed by atoms with van der Waals surface area (Å²) in [6.45, 7) is 0.602. The van der Waals surface area contributed by atoms with Crippen molar-refractivity contribution in [2.75, 3.05) is 13.1 Å². The molecule has 1 aromatic heterocycles. The first-order valence-electron chi connectivity index (χ1n) is 4.44. The summed E-state index contributed by atoms with van der Waals surface area (Å²) in [6.07, 6.45) is 1.42. The van der Waals surface area contributed by atoms with Crippen LogP contribution in [0.15, 0.2) is 17.1 Å². The van der Waals surface area contributed by atoms with E-state index in [-0.39, 0.29) is 56.5 Å². The zero-order chi connectivity index (χ0) is 11.4. The first-order chi connectivity index (χ1) is 7.07. The van der Waals surface area contributed by atoms with Crippen molar-refractivity contribution < 1.29 is 60.8 Å². The van der Waals surface area contributed by atoms with Gasteiger partial charge in [-0.3, -0.25) is 9.59 Å². The molecule has 106 valence electrons. The molecule has 0 aliphatic carbocycles. The van der Waals surface area contributed by atoms with Gasteiger partial charge in [0.25, 0.3) is 11.5 Å². The molecule has 0 atom stereocenters. The second-order valence-electron chi connectivity index (χ2n) is 3.04. The molecule has 1 aromatic rings. The molecule has 0 fully saturated rings. The topological polar surface area (TPSA) is 160 Å². The quantitative estimate of drug-likeness (QED) is 0.494. The van der Waals surface area contributed by atoms with E-state index in [1.165, 1.54) is 23.9 Å². The fourth-order valence-corrected chi connectivity index (χ4v) is 1.08. The van der Waals surface area contributed by atoms with E-state index in [9.17, 15) is 14.7 Å². The minimum Gasteiger partial charge on any atom is -0.502 e. The Morgan fingerprint density at radius 1 is 1.50 bits per heavy atom. The molecule has 9 heteroatoms. The molecule has 8 nitrogen and oxygen atoms in total. The van der Waals surface area contributed by atoms with Gasteiger partial charge in [0.1, 0.15) is 0 Å². The van der Waals surface area contributed by atoms with E-state index in [4.69, 9.17) is 5.73 Å². The van der Waals surface area contributed by atoms with Gasteiger partial charge in [0, 0.05) is 66.3 Å². The minimum atomic E-state index is -0.601. The number of carbonyl (C=O) groups is 1. The van der Waals surface area contributed by atoms with Crippen molar-refractivity contribution in [1.29, 1.82) is 0 Å². The number of aromatic nitrogens is 1. The minimum absolute atomic E-state index is 0. The van der Waals surface area contributed by atoms with Crippen LogP contribution in [0.4, 0.5) is 0 Å². The number of hydrogen-bond donors (Lipinski definition) is 3. The predicted octanol–water partition coefficient (Wildman–Crippen LogP) is -2.87. The summed E-state index contributed by atoms with van der Waals surface area (Å²) in [4.78, 5) is 22.7. The summed E-state index contributed by atoms with van der Waals surface area (Å²) in [6, 6.07) is 1.38. The Morgan fingerprint density at radius 2 is 2.06 bits per heavy atom. The van der Waals surface area contributed by atoms with E-state index in [2.05, 4.69) is 5.32 Å². The Balaban J connectivity index is -0.000000750. The van der Waals surface area contributed by atoms with E-state index >= 15 is 0 Å². The van der Waals surface area contributed by atoms with Crippen LogP contribution in [0.5, 0.6) is 5.75 Å². The SMILES string of the molecule is Cn1ccc(C(=O)NCCN)c(O)c1=O.O.O.[Gd]. The van der Waals surface area contributed by atoms with Gasteiger partial charge in [-0.2, -0.15) is 0 Å². The van der Waals surface area contributed by atoms with Gasteiger partial charge < -0.3 is 31.7 Å². The van der Waals surface area contributed by atoms with Crippen LogP contribution in [0.1, 0.15) is 10.4 Å². The maximum atomic E-state index is 11.4. The number of carbonyl (C=O) groups excluding carboxylic acids is 1. The van der Waals surface area contributed by atoms with Gasteiger partial charge in [0.2, 0.25) is 0 Å². The largest absolute Gasteiger partial charge is 0.502 e. The fraction of sp³-hybridized carbons (Fsp3) is 0.333. The van der Waals surface area contributed by atoms with Crippen molar-refractivity contribution in [3.8, 4) is 5.75 Å². The van der Waals surface area contributed by atoms with Crippen LogP contribution in [0, 0.1) is 39.9 Å². The van der Waals surface area contributed by atoms with Gasteiger partial charge in [0.15, 0.2) is 5.75 Å². The van der Waals surface area contributed by atoms with Crippen LogP contribution < -0.4 is 16.6 Å². The second kappa shape index (κ2) is 10.4. The van der Waals surface area contributed by atoms with Crippen molar-refractivity contribution in [2.45, 2.75) is 0 Å². The van der Waals surface area contributed by atoms with Crippen LogP contribution >= 0.6 is 0 Å². The van der Waals surface area contributed by atoms with E-state index in [1.54, 1.807) is 0 Å². The van der Waals surface area contributed by atoms with Crippen molar-refractivity contribution in [1.82, 2.24) is 9.88 Å². The number of aromatic hydroxyl groups is 1. The van der Waals surface area contributed by atoms with Gasteiger partial charge in [-0.25, -0.2) is 0 Å². The van der Waals surface area contributed by atoms with Gasteiger partial charge in [0.05, 0.1) is 5.56 Å². The standard InChI is InChI=1S/C9H13N3O3.Gd.2H2O/c1-12-5-2-6(7(13)9(12)15)8(14)11-4-3-10;;;/h2,5,13H,3-4,10H2,1H3,(H,11,14);;2*1H2. The van der Waals surface area contributed by atoms with Crippen LogP contribution in [-0.2, 0) is 7.05 Å². The Bertz CT molecular complexity index is 435. The summed E-state index contributed by atoms with van der Waals surface area (Å²) in [5, 5.41) is 11.9. The molecular formula is C9H17GdN3O5. The molecule has 1 rings (SSSR count). The Morgan fingerprint density at radius 3 is 2.56 bits per heavy atom. The Hall–Kier alpha value is -0.575. The molecule has 0 unspecified atom stereocenters. The molecule has 0 aromatic carbocycles. The van der Waals surface area contributed by atoms with E-state index < -0.39 is 17.2 Å². The van der Waals surface area contributed by atoms with Crippen LogP contribution in [0.2, 0.25) is 0 Å². The number of nitrogens with one attached hydrogen (secondary N) is 1. The Labute approximate surface area is 135 Å². The summed E-state index contributed by atoms with van der Waals surface area (Å²) in [5.41, 5.74) is 4.57. The maximum absolute atomic E-state index is 11.4. The molecule has 0 aliphatic heterocycles. The third-order valence-corrected chi connectivity index (χ3v) is 1.92. The number of nitrogens with two attached hydrogens (primary N) is 1. The molecule has 0 saturated carbocycles. The number of rotatable bonds is 3. The third-order valence-electron chi connectivity index (χ3n) is 1.92. The number of pyridine rings is 1. The molecule has 0 aliphatic rings. The molecule has 18 heavy (non-hydrogen) atoms. The van der Waals surface area contributed by atoms with Gasteiger partial charge >= 0.3 is 0 Å². The van der Waals surface area contributed by atoms with Crippen LogP contribution in [0.25, 0.3) is 0 Å². The van der Waals surface area contributed by atoms with E-state index in [0.29, 0.717) is 13.1 Å².